The Hall–Kier alpha value is -2.95. The van der Waals surface area contributed by atoms with E-state index in [-0.39, 0.29) is 17.7 Å². The standard InChI is InChI=1S/C18H13F6NO4/c1-27-8-11-6-12(29-18(22,23)24)3-4-13(11)10-2-5-15-14(7-10)25(16(26)28-15)9-17(19,20)21/h2-7H,8-9H2,1H3. The van der Waals surface area contributed by atoms with Crippen LogP contribution in [0.1, 0.15) is 5.56 Å². The molecule has 0 amide bonds. The highest BCUT2D eigenvalue weighted by Gasteiger charge is 2.32. The number of alkyl halides is 6. The van der Waals surface area contributed by atoms with Crippen molar-refractivity contribution in [2.24, 2.45) is 0 Å². The van der Waals surface area contributed by atoms with E-state index < -0.39 is 30.6 Å². The summed E-state index contributed by atoms with van der Waals surface area (Å²) in [4.78, 5) is 11.8. The Kier molecular flexibility index (Phi) is 5.35. The highest BCUT2D eigenvalue weighted by atomic mass is 19.4. The third-order valence-electron chi connectivity index (χ3n) is 3.93. The number of benzene rings is 2. The predicted octanol–water partition coefficient (Wildman–Crippen LogP) is 4.87. The van der Waals surface area contributed by atoms with E-state index in [1.54, 1.807) is 0 Å². The van der Waals surface area contributed by atoms with Gasteiger partial charge in [-0.25, -0.2) is 4.79 Å². The van der Waals surface area contributed by atoms with Crippen molar-refractivity contribution in [3.8, 4) is 16.9 Å². The molecule has 0 saturated carbocycles. The Morgan fingerprint density at radius 1 is 1.03 bits per heavy atom. The summed E-state index contributed by atoms with van der Waals surface area (Å²) in [6.07, 6.45) is -9.52. The lowest BCUT2D eigenvalue weighted by Gasteiger charge is -2.14. The van der Waals surface area contributed by atoms with Crippen LogP contribution in [0.15, 0.2) is 45.6 Å². The molecule has 0 aliphatic carbocycles. The molecule has 0 atom stereocenters. The number of ether oxygens (including phenoxy) is 2. The molecule has 0 spiro atoms. The molecule has 0 aliphatic rings. The van der Waals surface area contributed by atoms with Gasteiger partial charge in [-0.1, -0.05) is 12.1 Å². The number of hydrogen-bond donors (Lipinski definition) is 0. The lowest BCUT2D eigenvalue weighted by Crippen LogP contribution is -2.24. The maximum Gasteiger partial charge on any atom is 0.573 e. The quantitative estimate of drug-likeness (QED) is 0.552. The minimum Gasteiger partial charge on any atom is -0.408 e. The first-order chi connectivity index (χ1) is 13.5. The molecule has 0 N–H and O–H groups in total. The number of oxazole rings is 1. The molecule has 0 unspecified atom stereocenters. The molecule has 1 heterocycles. The van der Waals surface area contributed by atoms with Crippen LogP contribution in [0.25, 0.3) is 22.2 Å². The van der Waals surface area contributed by atoms with Gasteiger partial charge in [0.05, 0.1) is 12.1 Å². The molecule has 0 radical (unpaired) electrons. The second kappa shape index (κ2) is 7.47. The molecule has 2 aromatic carbocycles. The van der Waals surface area contributed by atoms with Crippen molar-refractivity contribution in [1.29, 1.82) is 0 Å². The van der Waals surface area contributed by atoms with Gasteiger partial charge in [0.25, 0.3) is 0 Å². The van der Waals surface area contributed by atoms with Gasteiger partial charge < -0.3 is 13.9 Å². The monoisotopic (exact) mass is 421 g/mol. The molecule has 11 heteroatoms. The average molecular weight is 421 g/mol. The molecular formula is C18H13F6NO4. The molecule has 5 nitrogen and oxygen atoms in total. The van der Waals surface area contributed by atoms with Gasteiger partial charge in [-0.3, -0.25) is 4.57 Å². The van der Waals surface area contributed by atoms with E-state index >= 15 is 0 Å². The first kappa shape index (κ1) is 20.8. The summed E-state index contributed by atoms with van der Waals surface area (Å²) in [5.41, 5.74) is 0.925. The third kappa shape index (κ3) is 4.91. The number of nitrogens with zero attached hydrogens (tertiary/aromatic N) is 1. The van der Waals surface area contributed by atoms with Gasteiger partial charge in [-0.05, 0) is 41.0 Å². The van der Waals surface area contributed by atoms with Crippen LogP contribution in [0.5, 0.6) is 5.75 Å². The van der Waals surface area contributed by atoms with Crippen LogP contribution >= 0.6 is 0 Å². The average Bonchev–Trinajstić information content (AvgIpc) is 2.87. The number of hydrogen-bond acceptors (Lipinski definition) is 4. The molecule has 0 saturated heterocycles. The largest absolute Gasteiger partial charge is 0.573 e. The van der Waals surface area contributed by atoms with E-state index in [2.05, 4.69) is 4.74 Å². The van der Waals surface area contributed by atoms with E-state index in [1.807, 2.05) is 0 Å². The Morgan fingerprint density at radius 3 is 2.38 bits per heavy atom. The van der Waals surface area contributed by atoms with Gasteiger partial charge in [0, 0.05) is 7.11 Å². The molecule has 0 aliphatic heterocycles. The van der Waals surface area contributed by atoms with E-state index in [1.165, 1.54) is 31.4 Å². The summed E-state index contributed by atoms with van der Waals surface area (Å²) in [6, 6.07) is 7.60. The molecular weight excluding hydrogens is 408 g/mol. The fourth-order valence-electron chi connectivity index (χ4n) is 2.88. The number of halogens is 6. The minimum atomic E-state index is -4.88. The second-order valence-corrected chi connectivity index (χ2v) is 6.05. The molecule has 1 aromatic heterocycles. The maximum atomic E-state index is 12.8. The zero-order chi connectivity index (χ0) is 21.4. The lowest BCUT2D eigenvalue weighted by molar-refractivity contribution is -0.274. The summed E-state index contributed by atoms with van der Waals surface area (Å²) in [5.74, 6) is -1.63. The van der Waals surface area contributed by atoms with E-state index in [9.17, 15) is 31.1 Å². The molecule has 0 bridgehead atoms. The Bertz CT molecular complexity index is 1080. The van der Waals surface area contributed by atoms with E-state index in [4.69, 9.17) is 9.15 Å². The van der Waals surface area contributed by atoms with Crippen molar-refractivity contribution < 1.29 is 40.2 Å². The van der Waals surface area contributed by atoms with E-state index in [0.29, 0.717) is 21.3 Å². The van der Waals surface area contributed by atoms with E-state index in [0.717, 1.165) is 12.1 Å². The molecule has 3 rings (SSSR count). The van der Waals surface area contributed by atoms with Crippen LogP contribution < -0.4 is 10.5 Å². The van der Waals surface area contributed by atoms with Crippen LogP contribution in [0.2, 0.25) is 0 Å². The van der Waals surface area contributed by atoms with Crippen molar-refractivity contribution in [1.82, 2.24) is 4.57 Å². The summed E-state index contributed by atoms with van der Waals surface area (Å²) in [7, 11) is 1.33. The molecule has 0 fully saturated rings. The van der Waals surface area contributed by atoms with Crippen molar-refractivity contribution in [2.75, 3.05) is 7.11 Å². The lowest BCUT2D eigenvalue weighted by atomic mass is 9.99. The highest BCUT2D eigenvalue weighted by Crippen LogP contribution is 2.32. The summed E-state index contributed by atoms with van der Waals surface area (Å²) in [6.45, 7) is -1.62. The first-order valence-corrected chi connectivity index (χ1v) is 8.05. The van der Waals surface area contributed by atoms with Gasteiger partial charge >= 0.3 is 18.3 Å². The van der Waals surface area contributed by atoms with Gasteiger partial charge in [0.15, 0.2) is 5.58 Å². The topological polar surface area (TPSA) is 53.6 Å². The smallest absolute Gasteiger partial charge is 0.408 e. The van der Waals surface area contributed by atoms with Crippen LogP contribution in [0.3, 0.4) is 0 Å². The molecule has 29 heavy (non-hydrogen) atoms. The molecule has 3 aromatic rings. The highest BCUT2D eigenvalue weighted by molar-refractivity contribution is 5.82. The van der Waals surface area contributed by atoms with Crippen LogP contribution in [-0.4, -0.2) is 24.2 Å². The minimum absolute atomic E-state index is 0.0479. The van der Waals surface area contributed by atoms with Gasteiger partial charge in [-0.15, -0.1) is 13.2 Å². The van der Waals surface area contributed by atoms with Gasteiger partial charge in [0.1, 0.15) is 12.3 Å². The Balaban J connectivity index is 2.09. The van der Waals surface area contributed by atoms with Crippen LogP contribution in [0.4, 0.5) is 26.3 Å². The van der Waals surface area contributed by atoms with Crippen molar-refractivity contribution in [3.05, 3.63) is 52.5 Å². The van der Waals surface area contributed by atoms with Crippen LogP contribution in [-0.2, 0) is 17.9 Å². The number of aromatic nitrogens is 1. The van der Waals surface area contributed by atoms with Gasteiger partial charge in [0.2, 0.25) is 0 Å². The van der Waals surface area contributed by atoms with Crippen LogP contribution in [0, 0.1) is 0 Å². The fourth-order valence-corrected chi connectivity index (χ4v) is 2.88. The Morgan fingerprint density at radius 2 is 1.76 bits per heavy atom. The van der Waals surface area contributed by atoms with Crippen molar-refractivity contribution in [3.63, 3.8) is 0 Å². The van der Waals surface area contributed by atoms with Gasteiger partial charge in [-0.2, -0.15) is 13.2 Å². The predicted molar refractivity (Wildman–Crippen MR) is 89.4 cm³/mol. The van der Waals surface area contributed by atoms with Crippen molar-refractivity contribution >= 4 is 11.1 Å². The maximum absolute atomic E-state index is 12.8. The zero-order valence-corrected chi connectivity index (χ0v) is 14.7. The third-order valence-corrected chi connectivity index (χ3v) is 3.93. The molecule has 156 valence electrons. The SMILES string of the molecule is COCc1cc(OC(F)(F)F)ccc1-c1ccc2oc(=O)n(CC(F)(F)F)c2c1. The number of rotatable bonds is 5. The fraction of sp³-hybridized carbons (Fsp3) is 0.278. The first-order valence-electron chi connectivity index (χ1n) is 8.05. The zero-order valence-electron chi connectivity index (χ0n) is 14.7. The Labute approximate surface area is 159 Å². The number of fused-ring (bicyclic) bond motifs is 1. The number of methoxy groups -OCH3 is 1. The summed E-state index contributed by atoms with van der Waals surface area (Å²) < 4.78 is 89.8. The van der Waals surface area contributed by atoms with Crippen molar-refractivity contribution in [2.45, 2.75) is 25.7 Å². The normalized spacial score (nSPS) is 12.5. The summed E-state index contributed by atoms with van der Waals surface area (Å²) in [5, 5.41) is 0. The second-order valence-electron chi connectivity index (χ2n) is 6.05. The summed E-state index contributed by atoms with van der Waals surface area (Å²) >= 11 is 0.